The molecule has 4 heteroatoms. The van der Waals surface area contributed by atoms with E-state index in [-0.39, 0.29) is 13.2 Å². The van der Waals surface area contributed by atoms with Crippen molar-refractivity contribution >= 4 is 5.78 Å². The van der Waals surface area contributed by atoms with Gasteiger partial charge in [-0.25, -0.2) is 0 Å². The van der Waals surface area contributed by atoms with Crippen LogP contribution in [0.4, 0.5) is 0 Å². The van der Waals surface area contributed by atoms with Crippen molar-refractivity contribution in [3.8, 4) is 0 Å². The first kappa shape index (κ1) is 10.6. The van der Waals surface area contributed by atoms with Gasteiger partial charge in [-0.3, -0.25) is 4.79 Å². The third-order valence-electron chi connectivity index (χ3n) is 1.03. The summed E-state index contributed by atoms with van der Waals surface area (Å²) in [6, 6.07) is 0. The topological polar surface area (TPSA) is 55.8 Å². The highest BCUT2D eigenvalue weighted by molar-refractivity contribution is 5.87. The summed E-state index contributed by atoms with van der Waals surface area (Å²) in [5.74, 6) is -2.94. The minimum absolute atomic E-state index is 0.192. The van der Waals surface area contributed by atoms with Gasteiger partial charge in [0.1, 0.15) is 0 Å². The molecule has 1 N–H and O–H groups in total. The molecule has 1 radical (unpaired) electrons. The minimum atomic E-state index is -2.15. The smallest absolute Gasteiger partial charge is 0.337 e. The maximum atomic E-state index is 10.6. The lowest BCUT2D eigenvalue weighted by molar-refractivity contribution is -0.328. The van der Waals surface area contributed by atoms with Crippen LogP contribution in [-0.4, -0.2) is 30.1 Å². The molecule has 0 fully saturated rings. The number of hydrogen-bond acceptors (Lipinski definition) is 4. The summed E-state index contributed by atoms with van der Waals surface area (Å²) in [5, 5.41) is 9.23. The summed E-state index contributed by atoms with van der Waals surface area (Å²) >= 11 is 0. The fourth-order valence-corrected chi connectivity index (χ4v) is 0.594. The number of carbonyl (C=O) groups excluding carboxylic acids is 1. The zero-order valence-electron chi connectivity index (χ0n) is 6.79. The molecule has 0 saturated heterocycles. The number of rotatable bonds is 5. The normalized spacial score (nSPS) is 11.6. The second-order valence-electron chi connectivity index (χ2n) is 1.87. The van der Waals surface area contributed by atoms with Crippen LogP contribution in [0.2, 0.25) is 0 Å². The number of aliphatic hydroxyl groups is 1. The third-order valence-corrected chi connectivity index (χ3v) is 1.03. The highest BCUT2D eigenvalue weighted by atomic mass is 16.8. The van der Waals surface area contributed by atoms with Crippen molar-refractivity contribution in [2.45, 2.75) is 19.8 Å². The van der Waals surface area contributed by atoms with Crippen LogP contribution in [0.25, 0.3) is 0 Å². The summed E-state index contributed by atoms with van der Waals surface area (Å²) in [4.78, 5) is 10.6. The first-order valence-corrected chi connectivity index (χ1v) is 3.43. The maximum Gasteiger partial charge on any atom is 0.344 e. The van der Waals surface area contributed by atoms with Crippen LogP contribution in [0.15, 0.2) is 0 Å². The van der Waals surface area contributed by atoms with Gasteiger partial charge in [-0.15, -0.1) is 0 Å². The Morgan fingerprint density at radius 2 is 1.82 bits per heavy atom. The first-order chi connectivity index (χ1) is 5.06. The average molecular weight is 161 g/mol. The predicted molar refractivity (Wildman–Crippen MR) is 38.6 cm³/mol. The Bertz CT molecular complexity index is 126. The van der Waals surface area contributed by atoms with Crippen LogP contribution >= 0.6 is 0 Å². The van der Waals surface area contributed by atoms with Crippen molar-refractivity contribution in [1.82, 2.24) is 0 Å². The summed E-state index contributed by atoms with van der Waals surface area (Å²) in [5.41, 5.74) is 0. The van der Waals surface area contributed by atoms with Gasteiger partial charge >= 0.3 is 5.97 Å². The number of carbonyl (C=O) groups is 1. The summed E-state index contributed by atoms with van der Waals surface area (Å²) in [7, 11) is 0. The molecule has 0 spiro atoms. The monoisotopic (exact) mass is 161 g/mol. The summed E-state index contributed by atoms with van der Waals surface area (Å²) < 4.78 is 9.31. The van der Waals surface area contributed by atoms with Crippen LogP contribution < -0.4 is 0 Å². The van der Waals surface area contributed by atoms with E-state index in [1.165, 1.54) is 0 Å². The molecule has 0 aromatic rings. The van der Waals surface area contributed by atoms with E-state index in [0.717, 1.165) is 0 Å². The SMILES string of the molecule is [CH2]C(=O)C(O)(OCC)OCC. The Morgan fingerprint density at radius 3 is 2.00 bits per heavy atom. The number of ether oxygens (including phenoxy) is 2. The van der Waals surface area contributed by atoms with Crippen LogP contribution in [0.3, 0.4) is 0 Å². The van der Waals surface area contributed by atoms with Crippen molar-refractivity contribution in [2.24, 2.45) is 0 Å². The van der Waals surface area contributed by atoms with E-state index in [1.807, 2.05) is 0 Å². The van der Waals surface area contributed by atoms with Gasteiger partial charge in [0.2, 0.25) is 5.78 Å². The Morgan fingerprint density at radius 1 is 1.45 bits per heavy atom. The van der Waals surface area contributed by atoms with E-state index >= 15 is 0 Å². The molecular weight excluding hydrogens is 148 g/mol. The van der Waals surface area contributed by atoms with Crippen molar-refractivity contribution in [2.75, 3.05) is 13.2 Å². The Balaban J connectivity index is 4.13. The van der Waals surface area contributed by atoms with Gasteiger partial charge in [0.25, 0.3) is 0 Å². The van der Waals surface area contributed by atoms with Gasteiger partial charge in [-0.05, 0) is 13.8 Å². The molecule has 4 nitrogen and oxygen atoms in total. The largest absolute Gasteiger partial charge is 0.344 e. The van der Waals surface area contributed by atoms with Crippen molar-refractivity contribution in [1.29, 1.82) is 0 Å². The highest BCUT2D eigenvalue weighted by Gasteiger charge is 2.34. The fraction of sp³-hybridized carbons (Fsp3) is 0.714. The van der Waals surface area contributed by atoms with Crippen LogP contribution in [-0.2, 0) is 14.3 Å². The molecule has 65 valence electrons. The first-order valence-electron chi connectivity index (χ1n) is 3.43. The molecule has 0 aliphatic rings. The lowest BCUT2D eigenvalue weighted by atomic mass is 10.4. The molecule has 0 amide bonds. The van der Waals surface area contributed by atoms with Crippen molar-refractivity contribution in [3.63, 3.8) is 0 Å². The van der Waals surface area contributed by atoms with Gasteiger partial charge in [0.05, 0.1) is 13.2 Å². The molecule has 0 aliphatic carbocycles. The minimum Gasteiger partial charge on any atom is -0.337 e. The quantitative estimate of drug-likeness (QED) is 0.581. The van der Waals surface area contributed by atoms with E-state index < -0.39 is 11.8 Å². The van der Waals surface area contributed by atoms with Gasteiger partial charge in [-0.2, -0.15) is 0 Å². The molecule has 11 heavy (non-hydrogen) atoms. The van der Waals surface area contributed by atoms with Crippen LogP contribution in [0.5, 0.6) is 0 Å². The van der Waals surface area contributed by atoms with Gasteiger partial charge in [0, 0.05) is 6.92 Å². The molecule has 0 aliphatic heterocycles. The van der Waals surface area contributed by atoms with Gasteiger partial charge in [0.15, 0.2) is 0 Å². The molecule has 0 unspecified atom stereocenters. The lowest BCUT2D eigenvalue weighted by Gasteiger charge is -2.23. The van der Waals surface area contributed by atoms with Gasteiger partial charge in [-0.1, -0.05) is 0 Å². The Kier molecular flexibility index (Phi) is 4.25. The molecule has 0 saturated carbocycles. The summed E-state index contributed by atoms with van der Waals surface area (Å²) in [6.07, 6.45) is 0. The zero-order chi connectivity index (χ0) is 8.91. The molecule has 0 aromatic heterocycles. The van der Waals surface area contributed by atoms with E-state index in [1.54, 1.807) is 13.8 Å². The van der Waals surface area contributed by atoms with Gasteiger partial charge < -0.3 is 14.6 Å². The van der Waals surface area contributed by atoms with E-state index in [4.69, 9.17) is 0 Å². The summed E-state index contributed by atoms with van der Waals surface area (Å²) in [6.45, 7) is 6.68. The highest BCUT2D eigenvalue weighted by Crippen LogP contribution is 2.09. The Hall–Kier alpha value is -0.450. The van der Waals surface area contributed by atoms with Crippen molar-refractivity contribution in [3.05, 3.63) is 6.92 Å². The average Bonchev–Trinajstić information content (AvgIpc) is 1.88. The second-order valence-corrected chi connectivity index (χ2v) is 1.87. The number of Topliss-reactive ketones (excluding diaryl/α,β-unsaturated/α-hetero) is 1. The molecule has 0 heterocycles. The lowest BCUT2D eigenvalue weighted by Crippen LogP contribution is -2.43. The molecule has 0 atom stereocenters. The predicted octanol–water partition coefficient (Wildman–Crippen LogP) is 0.109. The van der Waals surface area contributed by atoms with Crippen molar-refractivity contribution < 1.29 is 19.4 Å². The zero-order valence-corrected chi connectivity index (χ0v) is 6.79. The number of hydrogen-bond donors (Lipinski definition) is 1. The van der Waals surface area contributed by atoms with E-state index in [2.05, 4.69) is 16.4 Å². The maximum absolute atomic E-state index is 10.6. The molecule has 0 rings (SSSR count). The molecule has 0 aromatic carbocycles. The third kappa shape index (κ3) is 2.96. The number of ketones is 1. The van der Waals surface area contributed by atoms with Crippen LogP contribution in [0, 0.1) is 6.92 Å². The second kappa shape index (κ2) is 4.43. The standard InChI is InChI=1S/C7H13O4/c1-4-10-7(9,6(3)8)11-5-2/h9H,3-5H2,1-2H3. The van der Waals surface area contributed by atoms with E-state index in [0.29, 0.717) is 0 Å². The van der Waals surface area contributed by atoms with Crippen LogP contribution in [0.1, 0.15) is 13.8 Å². The molecular formula is C7H13O4. The molecule has 0 bridgehead atoms. The fourth-order valence-electron chi connectivity index (χ4n) is 0.594. The Labute approximate surface area is 66.1 Å². The van der Waals surface area contributed by atoms with E-state index in [9.17, 15) is 9.90 Å².